The Kier molecular flexibility index (Phi) is 9.73. The van der Waals surface area contributed by atoms with E-state index in [2.05, 4.69) is 24.5 Å². The topological polar surface area (TPSA) is 66.4 Å². The van der Waals surface area contributed by atoms with E-state index in [1.165, 1.54) is 12.8 Å². The van der Waals surface area contributed by atoms with E-state index in [1.807, 2.05) is 12.1 Å². The van der Waals surface area contributed by atoms with Gasteiger partial charge in [0, 0.05) is 6.54 Å². The quantitative estimate of drug-likeness (QED) is 0.569. The van der Waals surface area contributed by atoms with Gasteiger partial charge in [0.1, 0.15) is 0 Å². The van der Waals surface area contributed by atoms with Crippen molar-refractivity contribution in [2.24, 2.45) is 0 Å². The van der Waals surface area contributed by atoms with Gasteiger partial charge in [-0.1, -0.05) is 31.9 Å². The number of benzene rings is 1. The maximum atomic E-state index is 11.7. The minimum atomic E-state index is -3.47. The second-order valence-corrected chi connectivity index (χ2v) is 5.99. The Bertz CT molecular complexity index is 478. The van der Waals surface area contributed by atoms with Crippen LogP contribution in [0.4, 0.5) is 0 Å². The second-order valence-electron chi connectivity index (χ2n) is 4.22. The SMILES string of the molecule is C#C.CCCCCc1ccc(S(=O)(=O)NCCO)cc1. The van der Waals surface area contributed by atoms with E-state index in [4.69, 9.17) is 5.11 Å². The summed E-state index contributed by atoms with van der Waals surface area (Å²) in [5.41, 5.74) is 1.16. The molecule has 0 heterocycles. The highest BCUT2D eigenvalue weighted by Gasteiger charge is 2.12. The molecule has 0 aliphatic rings. The van der Waals surface area contributed by atoms with Crippen LogP contribution in [0.2, 0.25) is 0 Å². The Morgan fingerprint density at radius 1 is 1.15 bits per heavy atom. The molecule has 1 aromatic carbocycles. The van der Waals surface area contributed by atoms with Crippen LogP contribution in [-0.4, -0.2) is 26.7 Å². The Labute approximate surface area is 122 Å². The van der Waals surface area contributed by atoms with Gasteiger partial charge in [0.15, 0.2) is 0 Å². The fraction of sp³-hybridized carbons (Fsp3) is 0.467. The van der Waals surface area contributed by atoms with Crippen molar-refractivity contribution in [2.45, 2.75) is 37.5 Å². The van der Waals surface area contributed by atoms with Crippen molar-refractivity contribution >= 4 is 10.0 Å². The van der Waals surface area contributed by atoms with Crippen molar-refractivity contribution in [2.75, 3.05) is 13.2 Å². The molecular weight excluding hydrogens is 274 g/mol. The van der Waals surface area contributed by atoms with Crippen LogP contribution in [0.1, 0.15) is 31.7 Å². The Hall–Kier alpha value is -1.35. The van der Waals surface area contributed by atoms with Crippen molar-refractivity contribution in [3.63, 3.8) is 0 Å². The van der Waals surface area contributed by atoms with Crippen LogP contribution in [0.3, 0.4) is 0 Å². The van der Waals surface area contributed by atoms with Gasteiger partial charge in [-0.3, -0.25) is 0 Å². The van der Waals surface area contributed by atoms with E-state index in [0.717, 1.165) is 18.4 Å². The summed E-state index contributed by atoms with van der Waals surface area (Å²) in [6.07, 6.45) is 12.5. The first kappa shape index (κ1) is 18.7. The van der Waals surface area contributed by atoms with E-state index < -0.39 is 10.0 Å². The molecule has 0 bridgehead atoms. The molecule has 0 spiro atoms. The number of aliphatic hydroxyl groups is 1. The number of aryl methyl sites for hydroxylation is 1. The smallest absolute Gasteiger partial charge is 0.240 e. The van der Waals surface area contributed by atoms with Crippen molar-refractivity contribution < 1.29 is 13.5 Å². The standard InChI is InChI=1S/C13H21NO3S.C2H2/c1-2-3-4-5-12-6-8-13(9-7-12)18(16,17)14-10-11-15;1-2/h6-9,14-15H,2-5,10-11H2,1H3;1-2H. The van der Waals surface area contributed by atoms with Gasteiger partial charge in [-0.2, -0.15) is 0 Å². The van der Waals surface area contributed by atoms with E-state index >= 15 is 0 Å². The zero-order valence-corrected chi connectivity index (χ0v) is 12.7. The highest BCUT2D eigenvalue weighted by Crippen LogP contribution is 2.12. The third-order valence-corrected chi connectivity index (χ3v) is 4.18. The summed E-state index contributed by atoms with van der Waals surface area (Å²) in [4.78, 5) is 0.246. The highest BCUT2D eigenvalue weighted by molar-refractivity contribution is 7.89. The van der Waals surface area contributed by atoms with Gasteiger partial charge in [0.25, 0.3) is 0 Å². The highest BCUT2D eigenvalue weighted by atomic mass is 32.2. The average Bonchev–Trinajstić information content (AvgIpc) is 2.48. The lowest BCUT2D eigenvalue weighted by atomic mass is 10.1. The van der Waals surface area contributed by atoms with Gasteiger partial charge in [0.05, 0.1) is 11.5 Å². The number of unbranched alkanes of at least 4 members (excludes halogenated alkanes) is 2. The number of aliphatic hydroxyl groups excluding tert-OH is 1. The fourth-order valence-electron chi connectivity index (χ4n) is 1.68. The lowest BCUT2D eigenvalue weighted by molar-refractivity contribution is 0.301. The van der Waals surface area contributed by atoms with Gasteiger partial charge in [0.2, 0.25) is 10.0 Å². The normalized spacial score (nSPS) is 10.6. The van der Waals surface area contributed by atoms with E-state index in [1.54, 1.807) is 12.1 Å². The summed E-state index contributed by atoms with van der Waals surface area (Å²) < 4.78 is 25.8. The third kappa shape index (κ3) is 6.71. The summed E-state index contributed by atoms with van der Waals surface area (Å²) in [5.74, 6) is 0. The predicted octanol–water partition coefficient (Wildman–Crippen LogP) is 1.94. The molecule has 0 fully saturated rings. The molecule has 0 radical (unpaired) electrons. The first-order chi connectivity index (χ1) is 9.60. The summed E-state index contributed by atoms with van der Waals surface area (Å²) in [5, 5.41) is 8.61. The largest absolute Gasteiger partial charge is 0.395 e. The second kappa shape index (κ2) is 10.4. The fourth-order valence-corrected chi connectivity index (χ4v) is 2.70. The Morgan fingerprint density at radius 2 is 1.75 bits per heavy atom. The molecule has 0 aliphatic heterocycles. The molecule has 4 nitrogen and oxygen atoms in total. The van der Waals surface area contributed by atoms with Crippen LogP contribution in [0, 0.1) is 12.8 Å². The predicted molar refractivity (Wildman–Crippen MR) is 81.8 cm³/mol. The van der Waals surface area contributed by atoms with E-state index in [-0.39, 0.29) is 18.0 Å². The minimum absolute atomic E-state index is 0.0422. The summed E-state index contributed by atoms with van der Waals surface area (Å²) in [6, 6.07) is 6.92. The number of terminal acetylenes is 1. The monoisotopic (exact) mass is 297 g/mol. The van der Waals surface area contributed by atoms with Gasteiger partial charge < -0.3 is 5.11 Å². The van der Waals surface area contributed by atoms with Crippen molar-refractivity contribution in [3.8, 4) is 12.8 Å². The third-order valence-electron chi connectivity index (χ3n) is 2.71. The molecule has 0 unspecified atom stereocenters. The maximum absolute atomic E-state index is 11.7. The van der Waals surface area contributed by atoms with Crippen LogP contribution in [0.25, 0.3) is 0 Å². The number of sulfonamides is 1. The van der Waals surface area contributed by atoms with Crippen LogP contribution in [0.15, 0.2) is 29.2 Å². The summed E-state index contributed by atoms with van der Waals surface area (Å²) >= 11 is 0. The molecule has 0 aliphatic carbocycles. The van der Waals surface area contributed by atoms with Crippen molar-refractivity contribution in [1.82, 2.24) is 4.72 Å². The Morgan fingerprint density at radius 3 is 2.25 bits per heavy atom. The van der Waals surface area contributed by atoms with Crippen LogP contribution >= 0.6 is 0 Å². The van der Waals surface area contributed by atoms with Crippen molar-refractivity contribution in [3.05, 3.63) is 29.8 Å². The van der Waals surface area contributed by atoms with Gasteiger partial charge in [-0.15, -0.1) is 12.8 Å². The first-order valence-electron chi connectivity index (χ1n) is 6.63. The molecule has 112 valence electrons. The molecule has 1 rings (SSSR count). The Balaban J connectivity index is 0.00000172. The minimum Gasteiger partial charge on any atom is -0.395 e. The number of hydrogen-bond acceptors (Lipinski definition) is 3. The molecule has 20 heavy (non-hydrogen) atoms. The van der Waals surface area contributed by atoms with Crippen LogP contribution in [0.5, 0.6) is 0 Å². The molecule has 0 amide bonds. The zero-order chi connectivity index (χ0) is 15.4. The van der Waals surface area contributed by atoms with Crippen LogP contribution in [-0.2, 0) is 16.4 Å². The lowest BCUT2D eigenvalue weighted by Gasteiger charge is -2.06. The number of nitrogens with one attached hydrogen (secondary N) is 1. The number of hydrogen-bond donors (Lipinski definition) is 2. The molecule has 0 saturated heterocycles. The van der Waals surface area contributed by atoms with Gasteiger partial charge in [-0.05, 0) is 30.5 Å². The van der Waals surface area contributed by atoms with Gasteiger partial charge in [-0.25, -0.2) is 13.1 Å². The van der Waals surface area contributed by atoms with Gasteiger partial charge >= 0.3 is 0 Å². The zero-order valence-electron chi connectivity index (χ0n) is 11.9. The lowest BCUT2D eigenvalue weighted by Crippen LogP contribution is -2.26. The molecule has 0 aromatic heterocycles. The summed E-state index contributed by atoms with van der Waals surface area (Å²) in [7, 11) is -3.47. The molecule has 1 aromatic rings. The molecular formula is C15H23NO3S. The molecule has 0 saturated carbocycles. The average molecular weight is 297 g/mol. The molecule has 5 heteroatoms. The maximum Gasteiger partial charge on any atom is 0.240 e. The summed E-state index contributed by atoms with van der Waals surface area (Å²) in [6.45, 7) is 2.00. The van der Waals surface area contributed by atoms with Crippen LogP contribution < -0.4 is 4.72 Å². The first-order valence-corrected chi connectivity index (χ1v) is 8.11. The van der Waals surface area contributed by atoms with Crippen molar-refractivity contribution in [1.29, 1.82) is 0 Å². The molecule has 0 atom stereocenters. The number of rotatable bonds is 8. The molecule has 2 N–H and O–H groups in total. The van der Waals surface area contributed by atoms with E-state index in [0.29, 0.717) is 0 Å². The van der Waals surface area contributed by atoms with E-state index in [9.17, 15) is 8.42 Å².